The summed E-state index contributed by atoms with van der Waals surface area (Å²) in [5.74, 6) is -0.101. The third-order valence-electron chi connectivity index (χ3n) is 3.69. The Balaban J connectivity index is 1.79. The third-order valence-corrected chi connectivity index (χ3v) is 3.69. The van der Waals surface area contributed by atoms with Crippen molar-refractivity contribution in [3.05, 3.63) is 63.8 Å². The van der Waals surface area contributed by atoms with Gasteiger partial charge in [0, 0.05) is 18.0 Å². The van der Waals surface area contributed by atoms with Crippen LogP contribution >= 0.6 is 0 Å². The maximum Gasteiger partial charge on any atom is 0.288 e. The van der Waals surface area contributed by atoms with Crippen LogP contribution in [-0.4, -0.2) is 21.9 Å². The van der Waals surface area contributed by atoms with E-state index in [2.05, 4.69) is 10.3 Å². The lowest BCUT2D eigenvalue weighted by Gasteiger charge is -2.08. The Morgan fingerprint density at radius 3 is 2.73 bits per heavy atom. The van der Waals surface area contributed by atoms with Crippen LogP contribution < -0.4 is 11.1 Å². The van der Waals surface area contributed by atoms with Gasteiger partial charge in [0.15, 0.2) is 0 Å². The first-order chi connectivity index (χ1) is 10.6. The number of carbonyl (C=O) groups excluding carboxylic acids is 1. The van der Waals surface area contributed by atoms with Gasteiger partial charge in [-0.2, -0.15) is 0 Å². The molecule has 2 aromatic rings. The smallest absolute Gasteiger partial charge is 0.288 e. The van der Waals surface area contributed by atoms with Gasteiger partial charge in [-0.25, -0.2) is 4.98 Å². The normalized spacial score (nSPS) is 19.5. The summed E-state index contributed by atoms with van der Waals surface area (Å²) in [5.41, 5.74) is 6.27. The van der Waals surface area contributed by atoms with Crippen LogP contribution in [0.1, 0.15) is 28.3 Å². The SMILES string of the molecule is NC(=O)c1cc([N+](=O)[O-])cnc1NC1CC1c1ccccc1. The maximum atomic E-state index is 11.5. The quantitative estimate of drug-likeness (QED) is 0.648. The molecule has 0 radical (unpaired) electrons. The predicted molar refractivity (Wildman–Crippen MR) is 80.6 cm³/mol. The minimum atomic E-state index is -0.740. The van der Waals surface area contributed by atoms with Crippen LogP contribution in [-0.2, 0) is 0 Å². The molecule has 2 atom stereocenters. The van der Waals surface area contributed by atoms with E-state index < -0.39 is 10.8 Å². The molecule has 22 heavy (non-hydrogen) atoms. The minimum absolute atomic E-state index is 0.0351. The molecule has 0 aliphatic heterocycles. The summed E-state index contributed by atoms with van der Waals surface area (Å²) in [6.45, 7) is 0. The second-order valence-corrected chi connectivity index (χ2v) is 5.21. The van der Waals surface area contributed by atoms with E-state index in [1.54, 1.807) is 0 Å². The molecule has 1 amide bonds. The number of benzene rings is 1. The van der Waals surface area contributed by atoms with Crippen molar-refractivity contribution in [3.8, 4) is 0 Å². The van der Waals surface area contributed by atoms with Gasteiger partial charge in [0.1, 0.15) is 12.0 Å². The molecule has 1 saturated carbocycles. The van der Waals surface area contributed by atoms with E-state index in [9.17, 15) is 14.9 Å². The maximum absolute atomic E-state index is 11.5. The number of rotatable bonds is 5. The fourth-order valence-electron chi connectivity index (χ4n) is 2.46. The van der Waals surface area contributed by atoms with E-state index in [-0.39, 0.29) is 17.3 Å². The molecular weight excluding hydrogens is 284 g/mol. The Hall–Kier alpha value is -2.96. The van der Waals surface area contributed by atoms with Gasteiger partial charge in [0.25, 0.3) is 11.6 Å². The summed E-state index contributed by atoms with van der Waals surface area (Å²) in [6, 6.07) is 11.3. The Bertz CT molecular complexity index is 733. The summed E-state index contributed by atoms with van der Waals surface area (Å²) in [6.07, 6.45) is 2.04. The van der Waals surface area contributed by atoms with Crippen molar-refractivity contribution in [2.24, 2.45) is 5.73 Å². The van der Waals surface area contributed by atoms with Crippen molar-refractivity contribution in [1.29, 1.82) is 0 Å². The summed E-state index contributed by atoms with van der Waals surface area (Å²) in [4.78, 5) is 25.6. The molecule has 1 heterocycles. The molecule has 0 bridgehead atoms. The molecule has 1 aliphatic rings. The number of pyridine rings is 1. The molecule has 0 spiro atoms. The summed E-state index contributed by atoms with van der Waals surface area (Å²) in [7, 11) is 0. The number of amides is 1. The second kappa shape index (κ2) is 5.44. The van der Waals surface area contributed by atoms with Crippen molar-refractivity contribution in [1.82, 2.24) is 4.98 Å². The van der Waals surface area contributed by atoms with Crippen molar-refractivity contribution in [2.75, 3.05) is 5.32 Å². The highest BCUT2D eigenvalue weighted by molar-refractivity contribution is 5.98. The number of nitrogens with two attached hydrogens (primary N) is 1. The second-order valence-electron chi connectivity index (χ2n) is 5.21. The largest absolute Gasteiger partial charge is 0.366 e. The average molecular weight is 298 g/mol. The molecule has 7 heteroatoms. The van der Waals surface area contributed by atoms with Gasteiger partial charge >= 0.3 is 0 Å². The first-order valence-corrected chi connectivity index (χ1v) is 6.82. The van der Waals surface area contributed by atoms with Crippen molar-refractivity contribution in [2.45, 2.75) is 18.4 Å². The van der Waals surface area contributed by atoms with Gasteiger partial charge in [-0.3, -0.25) is 14.9 Å². The van der Waals surface area contributed by atoms with Crippen LogP contribution in [0.2, 0.25) is 0 Å². The van der Waals surface area contributed by atoms with Crippen LogP contribution in [0.3, 0.4) is 0 Å². The lowest BCUT2D eigenvalue weighted by atomic mass is 10.1. The summed E-state index contributed by atoms with van der Waals surface area (Å²) < 4.78 is 0. The molecule has 3 N–H and O–H groups in total. The van der Waals surface area contributed by atoms with Gasteiger partial charge in [-0.05, 0) is 12.0 Å². The van der Waals surface area contributed by atoms with Gasteiger partial charge < -0.3 is 11.1 Å². The van der Waals surface area contributed by atoms with Crippen molar-refractivity contribution < 1.29 is 9.72 Å². The number of nitrogens with zero attached hydrogens (tertiary/aromatic N) is 2. The molecule has 7 nitrogen and oxygen atoms in total. The standard InChI is InChI=1S/C15H14N4O3/c16-14(20)12-6-10(19(21)22)8-17-15(12)18-13-7-11(13)9-4-2-1-3-5-9/h1-6,8,11,13H,7H2,(H2,16,20)(H,17,18). The molecule has 1 aromatic carbocycles. The Morgan fingerprint density at radius 2 is 2.09 bits per heavy atom. The molecule has 3 rings (SSSR count). The fraction of sp³-hybridized carbons (Fsp3) is 0.200. The van der Waals surface area contributed by atoms with E-state index in [4.69, 9.17) is 5.73 Å². The highest BCUT2D eigenvalue weighted by Crippen LogP contribution is 2.42. The van der Waals surface area contributed by atoms with Crippen LogP contribution in [0.25, 0.3) is 0 Å². The zero-order chi connectivity index (χ0) is 15.7. The van der Waals surface area contributed by atoms with Crippen molar-refractivity contribution >= 4 is 17.4 Å². The number of carbonyl (C=O) groups is 1. The zero-order valence-corrected chi connectivity index (χ0v) is 11.6. The fourth-order valence-corrected chi connectivity index (χ4v) is 2.46. The molecular formula is C15H14N4O3. The van der Waals surface area contributed by atoms with Crippen LogP contribution in [0, 0.1) is 10.1 Å². The molecule has 1 aliphatic carbocycles. The average Bonchev–Trinajstić information content (AvgIpc) is 3.27. The van der Waals surface area contributed by atoms with E-state index in [1.165, 1.54) is 5.56 Å². The highest BCUT2D eigenvalue weighted by atomic mass is 16.6. The molecule has 0 saturated heterocycles. The number of primary amides is 1. The van der Waals surface area contributed by atoms with Crippen LogP contribution in [0.4, 0.5) is 11.5 Å². The molecule has 1 fully saturated rings. The Morgan fingerprint density at radius 1 is 1.36 bits per heavy atom. The number of hydrogen-bond donors (Lipinski definition) is 2. The number of anilines is 1. The number of aromatic nitrogens is 1. The van der Waals surface area contributed by atoms with Gasteiger partial charge in [0.2, 0.25) is 0 Å². The van der Waals surface area contributed by atoms with E-state index in [0.29, 0.717) is 11.7 Å². The van der Waals surface area contributed by atoms with Crippen LogP contribution in [0.5, 0.6) is 0 Å². The van der Waals surface area contributed by atoms with Gasteiger partial charge in [0.05, 0.1) is 10.5 Å². The van der Waals surface area contributed by atoms with E-state index in [0.717, 1.165) is 18.7 Å². The first kappa shape index (κ1) is 14.0. The van der Waals surface area contributed by atoms with E-state index in [1.807, 2.05) is 30.3 Å². The van der Waals surface area contributed by atoms with Crippen LogP contribution in [0.15, 0.2) is 42.6 Å². The highest BCUT2D eigenvalue weighted by Gasteiger charge is 2.39. The topological polar surface area (TPSA) is 111 Å². The van der Waals surface area contributed by atoms with Gasteiger partial charge in [-0.15, -0.1) is 0 Å². The summed E-state index contributed by atoms with van der Waals surface area (Å²) in [5, 5.41) is 13.9. The number of hydrogen-bond acceptors (Lipinski definition) is 5. The summed E-state index contributed by atoms with van der Waals surface area (Å²) >= 11 is 0. The number of nitrogens with one attached hydrogen (secondary N) is 1. The third kappa shape index (κ3) is 2.73. The lowest BCUT2D eigenvalue weighted by Crippen LogP contribution is -2.17. The lowest BCUT2D eigenvalue weighted by molar-refractivity contribution is -0.385. The molecule has 2 unspecified atom stereocenters. The monoisotopic (exact) mass is 298 g/mol. The molecule has 112 valence electrons. The molecule has 1 aromatic heterocycles. The minimum Gasteiger partial charge on any atom is -0.366 e. The van der Waals surface area contributed by atoms with Gasteiger partial charge in [-0.1, -0.05) is 30.3 Å². The van der Waals surface area contributed by atoms with Crippen molar-refractivity contribution in [3.63, 3.8) is 0 Å². The number of nitro groups is 1. The van der Waals surface area contributed by atoms with E-state index >= 15 is 0 Å². The Kier molecular flexibility index (Phi) is 3.46. The zero-order valence-electron chi connectivity index (χ0n) is 11.6. The predicted octanol–water partition coefficient (Wildman–Crippen LogP) is 2.06. The first-order valence-electron chi connectivity index (χ1n) is 6.82. The Labute approximate surface area is 126 Å².